The van der Waals surface area contributed by atoms with E-state index < -0.39 is 29.3 Å². The lowest BCUT2D eigenvalue weighted by molar-refractivity contribution is -0.134. The van der Waals surface area contributed by atoms with E-state index in [9.17, 15) is 9.18 Å². The molecule has 4 aliphatic heterocycles. The number of carbonyl (C=O) groups excluding carboxylic acids is 1. The molecule has 4 aromatic rings. The summed E-state index contributed by atoms with van der Waals surface area (Å²) < 4.78 is 59.6. The molecule has 0 amide bonds. The van der Waals surface area contributed by atoms with Gasteiger partial charge in [-0.1, -0.05) is 80.4 Å². The average Bonchev–Trinajstić information content (AvgIpc) is 3.96. The van der Waals surface area contributed by atoms with Crippen molar-refractivity contribution in [2.75, 3.05) is 37.7 Å². The zero-order chi connectivity index (χ0) is 45.2. The van der Waals surface area contributed by atoms with Crippen LogP contribution in [0.4, 0.5) is 19.0 Å². The number of unbranched alkanes of at least 4 members (excludes halogenated alkanes) is 4. The Morgan fingerprint density at radius 1 is 0.954 bits per heavy atom. The number of benzene rings is 2. The third-order valence-corrected chi connectivity index (χ3v) is 13.3. The molecule has 65 heavy (non-hydrogen) atoms. The van der Waals surface area contributed by atoms with Gasteiger partial charge in [-0.2, -0.15) is 9.97 Å². The summed E-state index contributed by atoms with van der Waals surface area (Å²) in [6.45, 7) is 4.90. The molecule has 1 N–H and O–H groups in total. The van der Waals surface area contributed by atoms with Crippen LogP contribution in [-0.4, -0.2) is 82.4 Å². The number of alkyl halides is 1. The van der Waals surface area contributed by atoms with Crippen molar-refractivity contribution in [1.82, 2.24) is 25.2 Å². The first-order valence-electron chi connectivity index (χ1n) is 23.7. The fourth-order valence-corrected chi connectivity index (χ4v) is 10.0. The number of nitrogens with zero attached hydrogens (tertiary/aromatic N) is 5. The summed E-state index contributed by atoms with van der Waals surface area (Å²) in [5.74, 6) is 1.21. The molecule has 4 aliphatic rings. The Labute approximate surface area is 381 Å². The van der Waals surface area contributed by atoms with Gasteiger partial charge in [0, 0.05) is 61.7 Å². The summed E-state index contributed by atoms with van der Waals surface area (Å²) in [5, 5.41) is 4.74. The smallest absolute Gasteiger partial charge is 0.319 e. The molecular weight excluding hydrogens is 826 g/mol. The summed E-state index contributed by atoms with van der Waals surface area (Å²) in [6.07, 6.45) is 37.0. The van der Waals surface area contributed by atoms with Gasteiger partial charge >= 0.3 is 12.0 Å². The first kappa shape index (κ1) is 46.0. The number of nitrogens with one attached hydrogen (secondary N) is 1. The van der Waals surface area contributed by atoms with Crippen LogP contribution in [0.1, 0.15) is 109 Å². The molecule has 2 bridgehead atoms. The number of anilines is 1. The standard InChI is InChI=1S/C53H61F3N6O3/c1-3-5-6-7-8-9-10-11-12-13-14-15-16-17-18-19-20-22-46(63)65-41-29-37-23-26-45(55)42(4-2)47(37)43(30-41)49-48(56)50-44(32-57-49)51(61-34-39-24-25-40(35-61)58-39)60-52(59-50)64-36-53-27-21-28-62(53)33-38(54)31-53/h2,8-9,11-12,14-15,17-18,23,26,29-30,32,38-40,58H,3,5-7,10,13,16,19-22,24-25,27-28,31,33-36H2,1H3/b9-8-,12-11-,15-14-,18-17-/t38-,39?,40?,53+/m1/s1. The van der Waals surface area contributed by atoms with Gasteiger partial charge < -0.3 is 19.7 Å². The third-order valence-electron chi connectivity index (χ3n) is 13.3. The highest BCUT2D eigenvalue weighted by Crippen LogP contribution is 2.42. The van der Waals surface area contributed by atoms with Crippen LogP contribution in [0.15, 0.2) is 79.1 Å². The maximum Gasteiger partial charge on any atom is 0.319 e. The largest absolute Gasteiger partial charge is 0.461 e. The quantitative estimate of drug-likeness (QED) is 0.0306. The van der Waals surface area contributed by atoms with Crippen molar-refractivity contribution in [3.8, 4) is 35.4 Å². The van der Waals surface area contributed by atoms with Crippen molar-refractivity contribution >= 4 is 33.5 Å². The topological polar surface area (TPSA) is 92.7 Å². The molecule has 0 saturated carbocycles. The predicted octanol–water partition coefficient (Wildman–Crippen LogP) is 11.1. The van der Waals surface area contributed by atoms with Crippen LogP contribution < -0.4 is 19.7 Å². The first-order chi connectivity index (χ1) is 31.7. The predicted molar refractivity (Wildman–Crippen MR) is 253 cm³/mol. The maximum absolute atomic E-state index is 17.4. The molecule has 0 aliphatic carbocycles. The van der Waals surface area contributed by atoms with Crippen molar-refractivity contribution in [1.29, 1.82) is 0 Å². The minimum Gasteiger partial charge on any atom is -0.461 e. The highest BCUT2D eigenvalue weighted by Gasteiger charge is 2.49. The van der Waals surface area contributed by atoms with Gasteiger partial charge in [0.25, 0.3) is 0 Å². The minimum atomic E-state index is -0.937. The fourth-order valence-electron chi connectivity index (χ4n) is 10.0. The molecule has 8 rings (SSSR count). The van der Waals surface area contributed by atoms with Crippen molar-refractivity contribution in [3.05, 3.63) is 96.3 Å². The third kappa shape index (κ3) is 11.0. The van der Waals surface area contributed by atoms with E-state index in [0.29, 0.717) is 55.5 Å². The van der Waals surface area contributed by atoms with Gasteiger partial charge in [0.2, 0.25) is 0 Å². The molecule has 2 unspecified atom stereocenters. The lowest BCUT2D eigenvalue weighted by Gasteiger charge is -2.34. The van der Waals surface area contributed by atoms with E-state index in [-0.39, 0.29) is 64.6 Å². The number of rotatable bonds is 20. The van der Waals surface area contributed by atoms with Crippen LogP contribution in [0, 0.1) is 24.0 Å². The van der Waals surface area contributed by atoms with Crippen LogP contribution >= 0.6 is 0 Å². The van der Waals surface area contributed by atoms with E-state index in [2.05, 4.69) is 86.5 Å². The van der Waals surface area contributed by atoms with Gasteiger partial charge in [-0.3, -0.25) is 14.7 Å². The molecule has 4 saturated heterocycles. The first-order valence-corrected chi connectivity index (χ1v) is 23.7. The molecule has 0 radical (unpaired) electrons. The van der Waals surface area contributed by atoms with Gasteiger partial charge in [0.15, 0.2) is 5.82 Å². The second kappa shape index (κ2) is 21.7. The van der Waals surface area contributed by atoms with Crippen molar-refractivity contribution in [2.24, 2.45) is 0 Å². The fraction of sp³-hybridized carbons (Fsp3) is 0.472. The monoisotopic (exact) mass is 886 g/mol. The van der Waals surface area contributed by atoms with E-state index in [4.69, 9.17) is 20.9 Å². The van der Waals surface area contributed by atoms with Crippen LogP contribution in [-0.2, 0) is 4.79 Å². The van der Waals surface area contributed by atoms with E-state index >= 15 is 8.78 Å². The summed E-state index contributed by atoms with van der Waals surface area (Å²) in [5.41, 5.74) is -0.542. The second-order valence-electron chi connectivity index (χ2n) is 18.0. The van der Waals surface area contributed by atoms with Crippen LogP contribution in [0.5, 0.6) is 11.8 Å². The molecule has 2 aromatic heterocycles. The number of halogens is 3. The molecule has 9 nitrogen and oxygen atoms in total. The van der Waals surface area contributed by atoms with E-state index in [1.807, 2.05) is 0 Å². The van der Waals surface area contributed by atoms with E-state index in [0.717, 1.165) is 57.9 Å². The lowest BCUT2D eigenvalue weighted by atomic mass is 9.95. The molecule has 4 fully saturated rings. The number of esters is 1. The number of hydrogen-bond donors (Lipinski definition) is 1. The Morgan fingerprint density at radius 3 is 2.40 bits per heavy atom. The summed E-state index contributed by atoms with van der Waals surface area (Å²) in [7, 11) is 0. The zero-order valence-corrected chi connectivity index (χ0v) is 37.6. The number of terminal acetylenes is 1. The summed E-state index contributed by atoms with van der Waals surface area (Å²) in [4.78, 5) is 31.6. The molecule has 4 atom stereocenters. The Morgan fingerprint density at radius 2 is 1.68 bits per heavy atom. The number of fused-ring (bicyclic) bond motifs is 5. The molecule has 6 heterocycles. The number of hydrogen-bond acceptors (Lipinski definition) is 9. The maximum atomic E-state index is 17.4. The highest BCUT2D eigenvalue weighted by molar-refractivity contribution is 6.03. The number of allylic oxidation sites excluding steroid dienone is 8. The summed E-state index contributed by atoms with van der Waals surface area (Å²) >= 11 is 0. The van der Waals surface area contributed by atoms with Crippen LogP contribution in [0.25, 0.3) is 32.9 Å². The Kier molecular flexibility index (Phi) is 15.3. The molecular formula is C53H61F3N6O3. The van der Waals surface area contributed by atoms with Crippen LogP contribution in [0.3, 0.4) is 0 Å². The molecule has 0 spiro atoms. The second-order valence-corrected chi connectivity index (χ2v) is 18.0. The highest BCUT2D eigenvalue weighted by atomic mass is 19.1. The molecule has 12 heteroatoms. The van der Waals surface area contributed by atoms with Gasteiger partial charge in [-0.15, -0.1) is 6.42 Å². The zero-order valence-electron chi connectivity index (χ0n) is 37.6. The number of aromatic nitrogens is 3. The number of pyridine rings is 1. The Bertz CT molecular complexity index is 2490. The van der Waals surface area contributed by atoms with Crippen molar-refractivity contribution < 1.29 is 27.4 Å². The number of carbonyl (C=O) groups is 1. The van der Waals surface area contributed by atoms with E-state index in [1.54, 1.807) is 6.07 Å². The Balaban J connectivity index is 0.987. The van der Waals surface area contributed by atoms with Gasteiger partial charge in [0.1, 0.15) is 41.4 Å². The van der Waals surface area contributed by atoms with Gasteiger partial charge in [-0.25, -0.2) is 13.2 Å². The van der Waals surface area contributed by atoms with E-state index in [1.165, 1.54) is 43.7 Å². The lowest BCUT2D eigenvalue weighted by Crippen LogP contribution is -2.51. The number of piperazine rings is 1. The average molecular weight is 887 g/mol. The van der Waals surface area contributed by atoms with Crippen LogP contribution in [0.2, 0.25) is 0 Å². The normalized spacial score (nSPS) is 22.1. The van der Waals surface area contributed by atoms with Gasteiger partial charge in [-0.05, 0) is 101 Å². The SMILES string of the molecule is C#Cc1c(F)ccc2cc(OC(=O)CCC/C=C\C/C=C\C/C=C\C/C=C\CCCCC)cc(-c3ncc4c(N5CC6CCC(C5)N6)nc(OC[C@@]56CCCN5C[C@H](F)C6)nc4c3F)c12. The van der Waals surface area contributed by atoms with Gasteiger partial charge in [0.05, 0.1) is 16.5 Å². The Hall–Kier alpha value is -5.51. The molecule has 2 aromatic carbocycles. The molecule has 342 valence electrons. The van der Waals surface area contributed by atoms with Crippen molar-refractivity contribution in [2.45, 2.75) is 127 Å². The number of ether oxygens (including phenoxy) is 2. The summed E-state index contributed by atoms with van der Waals surface area (Å²) in [6, 6.07) is 6.37. The van der Waals surface area contributed by atoms with Crippen molar-refractivity contribution in [3.63, 3.8) is 0 Å². The minimum absolute atomic E-state index is 0.00742.